The third kappa shape index (κ3) is 2.71. The first-order chi connectivity index (χ1) is 7.99. The first-order valence-electron chi connectivity index (χ1n) is 4.90. The van der Waals surface area contributed by atoms with Crippen LogP contribution in [-0.2, 0) is 0 Å². The molecule has 88 valence electrons. The topological polar surface area (TPSA) is 0 Å². The molecule has 0 aliphatic carbocycles. The van der Waals surface area contributed by atoms with E-state index in [1.807, 2.05) is 25.1 Å². The molecule has 4 heteroatoms. The number of rotatable bonds is 1. The van der Waals surface area contributed by atoms with Crippen molar-refractivity contribution in [2.45, 2.75) is 6.92 Å². The van der Waals surface area contributed by atoms with E-state index in [0.717, 1.165) is 16.7 Å². The van der Waals surface area contributed by atoms with Gasteiger partial charge < -0.3 is 0 Å². The van der Waals surface area contributed by atoms with Crippen molar-refractivity contribution in [1.82, 2.24) is 0 Å². The molecule has 0 amide bonds. The number of hydrogen-bond acceptors (Lipinski definition) is 0. The zero-order valence-electron chi connectivity index (χ0n) is 8.90. The van der Waals surface area contributed by atoms with E-state index in [1.165, 1.54) is 0 Å². The van der Waals surface area contributed by atoms with Crippen LogP contribution in [0.25, 0.3) is 11.1 Å². The summed E-state index contributed by atoms with van der Waals surface area (Å²) >= 11 is 24.2. The summed E-state index contributed by atoms with van der Waals surface area (Å²) in [6.07, 6.45) is 0. The average Bonchev–Trinajstić information content (AvgIpc) is 2.21. The second kappa shape index (κ2) is 5.07. The molecule has 17 heavy (non-hydrogen) atoms. The molecule has 0 spiro atoms. The van der Waals surface area contributed by atoms with Crippen LogP contribution in [-0.4, -0.2) is 0 Å². The van der Waals surface area contributed by atoms with Crippen LogP contribution in [0.4, 0.5) is 0 Å². The van der Waals surface area contributed by atoms with Gasteiger partial charge in [0.1, 0.15) is 0 Å². The Balaban J connectivity index is 2.72. The van der Waals surface area contributed by atoms with Gasteiger partial charge in [-0.1, -0.05) is 52.5 Å². The fourth-order valence-corrected chi connectivity index (χ4v) is 2.86. The normalized spacial score (nSPS) is 10.6. The van der Waals surface area contributed by atoms with Gasteiger partial charge in [0, 0.05) is 15.6 Å². The van der Waals surface area contributed by atoms with Crippen LogP contribution in [0.1, 0.15) is 5.56 Å². The summed E-state index contributed by atoms with van der Waals surface area (Å²) < 4.78 is 0. The predicted molar refractivity (Wildman–Crippen MR) is 76.7 cm³/mol. The summed E-state index contributed by atoms with van der Waals surface area (Å²) in [7, 11) is 0. The molecule has 0 nitrogen and oxygen atoms in total. The highest BCUT2D eigenvalue weighted by molar-refractivity contribution is 6.42. The van der Waals surface area contributed by atoms with E-state index in [-0.39, 0.29) is 0 Å². The van der Waals surface area contributed by atoms with Gasteiger partial charge in [0.05, 0.1) is 10.0 Å². The fraction of sp³-hybridized carbons (Fsp3) is 0.0769. The summed E-state index contributed by atoms with van der Waals surface area (Å²) in [4.78, 5) is 0. The minimum absolute atomic E-state index is 0.517. The molecule has 0 fully saturated rings. The Labute approximate surface area is 120 Å². The Hall–Kier alpha value is -0.400. The van der Waals surface area contributed by atoms with E-state index >= 15 is 0 Å². The quantitative estimate of drug-likeness (QED) is 0.582. The second-order valence-corrected chi connectivity index (χ2v) is 5.39. The van der Waals surface area contributed by atoms with Gasteiger partial charge in [-0.05, 0) is 42.3 Å². The molecule has 2 aromatic carbocycles. The SMILES string of the molecule is Cc1ccc(Cl)cc1-c1c(Cl)cc(Cl)cc1Cl. The van der Waals surface area contributed by atoms with Crippen molar-refractivity contribution in [2.24, 2.45) is 0 Å². The summed E-state index contributed by atoms with van der Waals surface area (Å²) in [6.45, 7) is 1.98. The third-order valence-electron chi connectivity index (χ3n) is 2.48. The molecule has 0 saturated heterocycles. The van der Waals surface area contributed by atoms with Crippen LogP contribution >= 0.6 is 46.4 Å². The standard InChI is InChI=1S/C13H8Cl4/c1-7-2-3-8(14)4-10(7)13-11(16)5-9(15)6-12(13)17/h2-6H,1H3. The number of benzene rings is 2. The van der Waals surface area contributed by atoms with Crippen molar-refractivity contribution < 1.29 is 0 Å². The molecule has 0 aromatic heterocycles. The van der Waals surface area contributed by atoms with Gasteiger partial charge in [-0.2, -0.15) is 0 Å². The summed E-state index contributed by atoms with van der Waals surface area (Å²) in [5.74, 6) is 0. The first kappa shape index (κ1) is 13.0. The van der Waals surface area contributed by atoms with Crippen molar-refractivity contribution in [1.29, 1.82) is 0 Å². The lowest BCUT2D eigenvalue weighted by Gasteiger charge is -2.11. The maximum Gasteiger partial charge on any atom is 0.0514 e. The number of aryl methyl sites for hydroxylation is 1. The van der Waals surface area contributed by atoms with E-state index in [4.69, 9.17) is 46.4 Å². The molecule has 2 rings (SSSR count). The Morgan fingerprint density at radius 2 is 1.35 bits per heavy atom. The molecule has 0 aliphatic heterocycles. The maximum atomic E-state index is 6.18. The summed E-state index contributed by atoms with van der Waals surface area (Å²) in [5, 5.41) is 2.21. The van der Waals surface area contributed by atoms with Gasteiger partial charge >= 0.3 is 0 Å². The molecule has 0 aliphatic rings. The zero-order chi connectivity index (χ0) is 12.6. The summed E-state index contributed by atoms with van der Waals surface area (Å²) in [6, 6.07) is 8.95. The number of halogens is 4. The van der Waals surface area contributed by atoms with Gasteiger partial charge in [0.15, 0.2) is 0 Å². The highest BCUT2D eigenvalue weighted by Crippen LogP contribution is 2.39. The zero-order valence-corrected chi connectivity index (χ0v) is 11.9. The maximum absolute atomic E-state index is 6.18. The smallest absolute Gasteiger partial charge is 0.0514 e. The van der Waals surface area contributed by atoms with Crippen molar-refractivity contribution in [3.8, 4) is 11.1 Å². The van der Waals surface area contributed by atoms with Gasteiger partial charge in [-0.25, -0.2) is 0 Å². The van der Waals surface area contributed by atoms with Crippen molar-refractivity contribution >= 4 is 46.4 Å². The molecule has 0 bridgehead atoms. The fourth-order valence-electron chi connectivity index (χ4n) is 1.66. The minimum atomic E-state index is 0.517. The van der Waals surface area contributed by atoms with E-state index in [0.29, 0.717) is 20.1 Å². The molecule has 0 N–H and O–H groups in total. The molecule has 2 aromatic rings. The molecule has 0 unspecified atom stereocenters. The van der Waals surface area contributed by atoms with Crippen LogP contribution < -0.4 is 0 Å². The van der Waals surface area contributed by atoms with Crippen LogP contribution in [0.3, 0.4) is 0 Å². The third-order valence-corrected chi connectivity index (χ3v) is 3.53. The van der Waals surface area contributed by atoms with E-state index in [2.05, 4.69) is 0 Å². The minimum Gasteiger partial charge on any atom is -0.0843 e. The van der Waals surface area contributed by atoms with Gasteiger partial charge in [0.25, 0.3) is 0 Å². The Morgan fingerprint density at radius 1 is 0.765 bits per heavy atom. The van der Waals surface area contributed by atoms with E-state index < -0.39 is 0 Å². The van der Waals surface area contributed by atoms with E-state index in [9.17, 15) is 0 Å². The largest absolute Gasteiger partial charge is 0.0843 e. The lowest BCUT2D eigenvalue weighted by Crippen LogP contribution is -1.86. The van der Waals surface area contributed by atoms with E-state index in [1.54, 1.807) is 12.1 Å². The van der Waals surface area contributed by atoms with Crippen molar-refractivity contribution in [2.75, 3.05) is 0 Å². The lowest BCUT2D eigenvalue weighted by atomic mass is 10.0. The van der Waals surface area contributed by atoms with Crippen molar-refractivity contribution in [3.63, 3.8) is 0 Å². The number of hydrogen-bond donors (Lipinski definition) is 0. The monoisotopic (exact) mass is 304 g/mol. The van der Waals surface area contributed by atoms with Crippen LogP contribution in [0, 0.1) is 6.92 Å². The molecule has 0 radical (unpaired) electrons. The lowest BCUT2D eigenvalue weighted by molar-refractivity contribution is 1.46. The predicted octanol–water partition coefficient (Wildman–Crippen LogP) is 6.28. The Morgan fingerprint density at radius 3 is 1.94 bits per heavy atom. The van der Waals surface area contributed by atoms with Gasteiger partial charge in [-0.3, -0.25) is 0 Å². The molecular weight excluding hydrogens is 298 g/mol. The second-order valence-electron chi connectivity index (χ2n) is 3.70. The highest BCUT2D eigenvalue weighted by atomic mass is 35.5. The van der Waals surface area contributed by atoms with Gasteiger partial charge in [-0.15, -0.1) is 0 Å². The van der Waals surface area contributed by atoms with Crippen LogP contribution in [0.5, 0.6) is 0 Å². The Kier molecular flexibility index (Phi) is 3.89. The Bertz CT molecular complexity index is 553. The molecule has 0 atom stereocenters. The molecule has 0 saturated carbocycles. The average molecular weight is 306 g/mol. The summed E-state index contributed by atoms with van der Waals surface area (Å²) in [5.41, 5.74) is 2.74. The van der Waals surface area contributed by atoms with Crippen molar-refractivity contribution in [3.05, 3.63) is 56.0 Å². The molecule has 0 heterocycles. The molecular formula is C13H8Cl4. The highest BCUT2D eigenvalue weighted by Gasteiger charge is 2.12. The first-order valence-corrected chi connectivity index (χ1v) is 6.41. The van der Waals surface area contributed by atoms with Gasteiger partial charge in [0.2, 0.25) is 0 Å². The van der Waals surface area contributed by atoms with Crippen LogP contribution in [0.2, 0.25) is 20.1 Å². The van der Waals surface area contributed by atoms with Crippen LogP contribution in [0.15, 0.2) is 30.3 Å².